The van der Waals surface area contributed by atoms with E-state index in [1.165, 1.54) is 0 Å². The molecule has 1 aliphatic rings. The monoisotopic (exact) mass is 299 g/mol. The van der Waals surface area contributed by atoms with Crippen LogP contribution in [0.4, 0.5) is 0 Å². The van der Waals surface area contributed by atoms with E-state index >= 15 is 0 Å². The number of rotatable bonds is 4. The number of nitrogens with two attached hydrogens (primary N) is 1. The molecular weight excluding hydrogens is 274 g/mol. The molecule has 1 fully saturated rings. The Bertz CT molecular complexity index is 565. The lowest BCUT2D eigenvalue weighted by Gasteiger charge is -2.32. The zero-order chi connectivity index (χ0) is 14.9. The second-order valence-corrected chi connectivity index (χ2v) is 7.82. The number of aryl methyl sites for hydroxylation is 1. The maximum Gasteiger partial charge on any atom is 0.242 e. The van der Waals surface area contributed by atoms with Gasteiger partial charge in [0.2, 0.25) is 10.0 Å². The van der Waals surface area contributed by atoms with Crippen molar-refractivity contribution >= 4 is 10.0 Å². The van der Waals surface area contributed by atoms with Crippen molar-refractivity contribution in [3.63, 3.8) is 0 Å². The Morgan fingerprint density at radius 1 is 1.40 bits per heavy atom. The topological polar surface area (TPSA) is 77.1 Å². The third kappa shape index (κ3) is 3.24. The molecule has 6 heteroatoms. The van der Waals surface area contributed by atoms with Crippen LogP contribution in [0.3, 0.4) is 0 Å². The highest BCUT2D eigenvalue weighted by Gasteiger charge is 2.29. The minimum atomic E-state index is -3.45. The first-order valence-electron chi connectivity index (χ1n) is 7.21. The van der Waals surface area contributed by atoms with Crippen LogP contribution in [0.25, 0.3) is 0 Å². The fourth-order valence-electron chi connectivity index (χ4n) is 3.03. The minimum absolute atomic E-state index is 0.0396. The van der Waals surface area contributed by atoms with Crippen molar-refractivity contribution in [3.8, 4) is 0 Å². The molecule has 1 heterocycles. The average molecular weight is 299 g/mol. The van der Waals surface area contributed by atoms with Crippen molar-refractivity contribution in [3.05, 3.63) is 18.0 Å². The lowest BCUT2D eigenvalue weighted by molar-refractivity contribution is 0.249. The number of hydrogen-bond donors (Lipinski definition) is 2. The van der Waals surface area contributed by atoms with E-state index in [0.717, 1.165) is 25.0 Å². The predicted molar refractivity (Wildman–Crippen MR) is 79.6 cm³/mol. The number of aromatic nitrogens is 1. The van der Waals surface area contributed by atoms with E-state index in [4.69, 9.17) is 5.73 Å². The molecule has 3 unspecified atom stereocenters. The molecule has 3 atom stereocenters. The Morgan fingerprint density at radius 2 is 2.10 bits per heavy atom. The molecule has 114 valence electrons. The average Bonchev–Trinajstić information content (AvgIpc) is 2.75. The van der Waals surface area contributed by atoms with Crippen molar-refractivity contribution in [2.75, 3.05) is 0 Å². The third-order valence-electron chi connectivity index (χ3n) is 4.34. The highest BCUT2D eigenvalue weighted by Crippen LogP contribution is 2.29. The first kappa shape index (κ1) is 15.5. The normalized spacial score (nSPS) is 27.7. The van der Waals surface area contributed by atoms with Crippen LogP contribution in [0.15, 0.2) is 17.2 Å². The van der Waals surface area contributed by atoms with Gasteiger partial charge in [-0.15, -0.1) is 0 Å². The first-order chi connectivity index (χ1) is 9.33. The summed E-state index contributed by atoms with van der Waals surface area (Å²) >= 11 is 0. The lowest BCUT2D eigenvalue weighted by Crippen LogP contribution is -2.42. The molecule has 1 aromatic rings. The van der Waals surface area contributed by atoms with Gasteiger partial charge in [0.25, 0.3) is 0 Å². The zero-order valence-corrected chi connectivity index (χ0v) is 13.3. The van der Waals surface area contributed by atoms with Crippen molar-refractivity contribution in [2.24, 2.45) is 24.6 Å². The van der Waals surface area contributed by atoms with E-state index in [-0.39, 0.29) is 6.04 Å². The molecule has 20 heavy (non-hydrogen) atoms. The van der Waals surface area contributed by atoms with Crippen molar-refractivity contribution in [1.82, 2.24) is 9.29 Å². The van der Waals surface area contributed by atoms with Crippen molar-refractivity contribution in [1.29, 1.82) is 0 Å². The fraction of sp³-hybridized carbons (Fsp3) is 0.714. The van der Waals surface area contributed by atoms with Crippen molar-refractivity contribution in [2.45, 2.75) is 50.6 Å². The Balaban J connectivity index is 2.14. The molecular formula is C14H25N3O2S. The van der Waals surface area contributed by atoms with E-state index in [9.17, 15) is 8.42 Å². The van der Waals surface area contributed by atoms with Crippen LogP contribution in [0.1, 0.15) is 38.8 Å². The minimum Gasteiger partial charge on any atom is -0.352 e. The third-order valence-corrected chi connectivity index (χ3v) is 5.80. The van der Waals surface area contributed by atoms with E-state index < -0.39 is 10.0 Å². The second kappa shape index (κ2) is 5.87. The van der Waals surface area contributed by atoms with Crippen LogP contribution in [-0.2, 0) is 23.6 Å². The molecule has 2 rings (SSSR count). The largest absolute Gasteiger partial charge is 0.352 e. The van der Waals surface area contributed by atoms with E-state index in [1.807, 2.05) is 7.05 Å². The Labute approximate surface area is 121 Å². The number of sulfonamides is 1. The van der Waals surface area contributed by atoms with E-state index in [2.05, 4.69) is 18.6 Å². The van der Waals surface area contributed by atoms with Gasteiger partial charge in [0.1, 0.15) is 0 Å². The fourth-order valence-corrected chi connectivity index (χ4v) is 4.51. The van der Waals surface area contributed by atoms with E-state index in [0.29, 0.717) is 23.3 Å². The van der Waals surface area contributed by atoms with Gasteiger partial charge in [0, 0.05) is 31.5 Å². The van der Waals surface area contributed by atoms with Crippen LogP contribution in [0, 0.1) is 11.8 Å². The summed E-state index contributed by atoms with van der Waals surface area (Å²) in [6, 6.07) is 1.69. The summed E-state index contributed by atoms with van der Waals surface area (Å²) in [6.45, 7) is 4.69. The molecule has 0 amide bonds. The predicted octanol–water partition coefficient (Wildman–Crippen LogP) is 1.59. The summed E-state index contributed by atoms with van der Waals surface area (Å²) in [5, 5.41) is 0. The number of nitrogens with zero attached hydrogens (tertiary/aromatic N) is 1. The van der Waals surface area contributed by atoms with Gasteiger partial charge in [-0.3, -0.25) is 0 Å². The molecule has 1 aromatic heterocycles. The highest BCUT2D eigenvalue weighted by molar-refractivity contribution is 7.89. The maximum absolute atomic E-state index is 12.4. The standard InChI is InChI=1S/C14H25N3O2S/c1-10-4-5-14(11(2)6-10)16-20(18,19)13-7-12(8-15)17(3)9-13/h7,9-11,14,16H,4-6,8,15H2,1-3H3. The van der Waals surface area contributed by atoms with Gasteiger partial charge in [-0.1, -0.05) is 13.8 Å². The molecule has 1 aliphatic carbocycles. The Kier molecular flexibility index (Phi) is 4.56. The van der Waals surface area contributed by atoms with Gasteiger partial charge in [0.05, 0.1) is 4.90 Å². The summed E-state index contributed by atoms with van der Waals surface area (Å²) in [5.41, 5.74) is 6.41. The van der Waals surface area contributed by atoms with Gasteiger partial charge in [-0.2, -0.15) is 0 Å². The van der Waals surface area contributed by atoms with Gasteiger partial charge in [-0.25, -0.2) is 13.1 Å². The van der Waals surface area contributed by atoms with Gasteiger partial charge < -0.3 is 10.3 Å². The quantitative estimate of drug-likeness (QED) is 0.886. The molecule has 0 aromatic carbocycles. The molecule has 0 radical (unpaired) electrons. The molecule has 5 nitrogen and oxygen atoms in total. The van der Waals surface area contributed by atoms with Gasteiger partial charge in [-0.05, 0) is 37.2 Å². The van der Waals surface area contributed by atoms with E-state index in [1.54, 1.807) is 16.8 Å². The number of hydrogen-bond acceptors (Lipinski definition) is 3. The Hall–Kier alpha value is -0.850. The second-order valence-electron chi connectivity index (χ2n) is 6.11. The van der Waals surface area contributed by atoms with Crippen molar-refractivity contribution < 1.29 is 8.42 Å². The summed E-state index contributed by atoms with van der Waals surface area (Å²) < 4.78 is 29.5. The highest BCUT2D eigenvalue weighted by atomic mass is 32.2. The van der Waals surface area contributed by atoms with Crippen LogP contribution >= 0.6 is 0 Å². The van der Waals surface area contributed by atoms with Gasteiger partial charge >= 0.3 is 0 Å². The summed E-state index contributed by atoms with van der Waals surface area (Å²) in [4.78, 5) is 0.311. The SMILES string of the molecule is CC1CCC(NS(=O)(=O)c2cc(CN)n(C)c2)C(C)C1. The van der Waals surface area contributed by atoms with Crippen LogP contribution in [0.5, 0.6) is 0 Å². The molecule has 0 bridgehead atoms. The molecule has 3 N–H and O–H groups in total. The van der Waals surface area contributed by atoms with Gasteiger partial charge in [0.15, 0.2) is 0 Å². The van der Waals surface area contributed by atoms with Crippen LogP contribution in [-0.4, -0.2) is 19.0 Å². The maximum atomic E-state index is 12.4. The first-order valence-corrected chi connectivity index (χ1v) is 8.69. The molecule has 0 saturated heterocycles. The Morgan fingerprint density at radius 3 is 2.65 bits per heavy atom. The zero-order valence-electron chi connectivity index (χ0n) is 12.5. The lowest BCUT2D eigenvalue weighted by atomic mass is 9.80. The number of nitrogens with one attached hydrogen (secondary N) is 1. The molecule has 0 spiro atoms. The summed E-state index contributed by atoms with van der Waals surface area (Å²) in [6.07, 6.45) is 4.70. The summed E-state index contributed by atoms with van der Waals surface area (Å²) in [5.74, 6) is 1.07. The smallest absolute Gasteiger partial charge is 0.242 e. The van der Waals surface area contributed by atoms with Crippen LogP contribution in [0.2, 0.25) is 0 Å². The molecule has 1 saturated carbocycles. The molecule has 0 aliphatic heterocycles. The van der Waals surface area contributed by atoms with Crippen LogP contribution < -0.4 is 10.5 Å². The summed E-state index contributed by atoms with van der Waals surface area (Å²) in [7, 11) is -1.64.